The molecule has 152 valence electrons. The zero-order chi connectivity index (χ0) is 21.3. The van der Waals surface area contributed by atoms with E-state index in [1.165, 1.54) is 41.3 Å². The number of rotatable bonds is 7. The number of carboxylic acids is 1. The third kappa shape index (κ3) is 4.08. The van der Waals surface area contributed by atoms with Crippen molar-refractivity contribution in [3.05, 3.63) is 101 Å². The van der Waals surface area contributed by atoms with Gasteiger partial charge in [0.2, 0.25) is 6.41 Å². The van der Waals surface area contributed by atoms with Gasteiger partial charge in [0.25, 0.3) is 0 Å². The standard InChI is InChI=1S/C24H19F2NO3/c25-18-6-4-16(5-7-18)20-12-21(20)22-11-19(26)8-9-23(22)27(14-28)13-15-2-1-3-17(10-15)24(29)30/h1-11,14,20-21H,12-13H2,(H,29,30). The van der Waals surface area contributed by atoms with Crippen LogP contribution < -0.4 is 4.90 Å². The maximum absolute atomic E-state index is 14.0. The van der Waals surface area contributed by atoms with Gasteiger partial charge in [0.1, 0.15) is 11.6 Å². The summed E-state index contributed by atoms with van der Waals surface area (Å²) in [5.74, 6) is -1.59. The van der Waals surface area contributed by atoms with Gasteiger partial charge >= 0.3 is 5.97 Å². The van der Waals surface area contributed by atoms with Crippen LogP contribution in [0.1, 0.15) is 45.3 Å². The predicted octanol–water partition coefficient (Wildman–Crippen LogP) is 5.10. The summed E-state index contributed by atoms with van der Waals surface area (Å²) in [7, 11) is 0. The normalized spacial score (nSPS) is 17.4. The highest BCUT2D eigenvalue weighted by Gasteiger charge is 2.41. The number of carbonyl (C=O) groups is 2. The van der Waals surface area contributed by atoms with Crippen LogP contribution in [0.4, 0.5) is 14.5 Å². The van der Waals surface area contributed by atoms with Gasteiger partial charge in [-0.15, -0.1) is 0 Å². The van der Waals surface area contributed by atoms with Gasteiger partial charge in [0.15, 0.2) is 0 Å². The summed E-state index contributed by atoms with van der Waals surface area (Å²) in [4.78, 5) is 24.5. The Hall–Kier alpha value is -3.54. The second-order valence-corrected chi connectivity index (χ2v) is 7.44. The van der Waals surface area contributed by atoms with Gasteiger partial charge in [-0.2, -0.15) is 0 Å². The Bertz CT molecular complexity index is 1100. The summed E-state index contributed by atoms with van der Waals surface area (Å²) in [6, 6.07) is 16.9. The Balaban J connectivity index is 1.62. The van der Waals surface area contributed by atoms with Gasteiger partial charge in [-0.25, -0.2) is 13.6 Å². The van der Waals surface area contributed by atoms with Crippen LogP contribution in [0.15, 0.2) is 66.7 Å². The Labute approximate surface area is 172 Å². The SMILES string of the molecule is O=CN(Cc1cccc(C(=O)O)c1)c1ccc(F)cc1C1CC1c1ccc(F)cc1. The topological polar surface area (TPSA) is 57.6 Å². The summed E-state index contributed by atoms with van der Waals surface area (Å²) >= 11 is 0. The van der Waals surface area contributed by atoms with E-state index in [1.54, 1.807) is 30.3 Å². The van der Waals surface area contributed by atoms with Crippen LogP contribution in [-0.4, -0.2) is 17.5 Å². The minimum absolute atomic E-state index is 0.0222. The smallest absolute Gasteiger partial charge is 0.335 e. The number of amides is 1. The van der Waals surface area contributed by atoms with E-state index in [0.717, 1.165) is 12.0 Å². The quantitative estimate of drug-likeness (QED) is 0.555. The van der Waals surface area contributed by atoms with E-state index in [0.29, 0.717) is 23.2 Å². The summed E-state index contributed by atoms with van der Waals surface area (Å²) in [5, 5.41) is 9.18. The first-order valence-electron chi connectivity index (χ1n) is 9.55. The zero-order valence-corrected chi connectivity index (χ0v) is 16.0. The minimum atomic E-state index is -1.04. The summed E-state index contributed by atoms with van der Waals surface area (Å²) in [6.45, 7) is 0.164. The highest BCUT2D eigenvalue weighted by Crippen LogP contribution is 2.56. The van der Waals surface area contributed by atoms with Gasteiger partial charge in [0, 0.05) is 5.69 Å². The van der Waals surface area contributed by atoms with Crippen LogP contribution in [0, 0.1) is 11.6 Å². The summed E-state index contributed by atoms with van der Waals surface area (Å²) < 4.78 is 27.2. The molecule has 1 aliphatic carbocycles. The van der Waals surface area contributed by atoms with Crippen molar-refractivity contribution >= 4 is 18.1 Å². The molecule has 30 heavy (non-hydrogen) atoms. The van der Waals surface area contributed by atoms with E-state index in [9.17, 15) is 23.5 Å². The molecule has 2 unspecified atom stereocenters. The van der Waals surface area contributed by atoms with Gasteiger partial charge in [-0.3, -0.25) is 4.79 Å². The lowest BCUT2D eigenvalue weighted by Gasteiger charge is -2.21. The van der Waals surface area contributed by atoms with Gasteiger partial charge in [-0.05, 0) is 77.4 Å². The van der Waals surface area contributed by atoms with Crippen molar-refractivity contribution in [3.8, 4) is 0 Å². The molecule has 1 saturated carbocycles. The lowest BCUT2D eigenvalue weighted by Crippen LogP contribution is -2.22. The number of hydrogen-bond acceptors (Lipinski definition) is 2. The van der Waals surface area contributed by atoms with Crippen molar-refractivity contribution < 1.29 is 23.5 Å². The van der Waals surface area contributed by atoms with Crippen LogP contribution >= 0.6 is 0 Å². The van der Waals surface area contributed by atoms with Crippen LogP contribution in [0.2, 0.25) is 0 Å². The molecule has 3 aromatic carbocycles. The number of anilines is 1. The second-order valence-electron chi connectivity index (χ2n) is 7.44. The number of carboxylic acid groups (broad SMARTS) is 1. The molecule has 0 heterocycles. The molecular formula is C24H19F2NO3. The number of aromatic carboxylic acids is 1. The molecule has 0 radical (unpaired) electrons. The van der Waals surface area contributed by atoms with Crippen molar-refractivity contribution in [2.45, 2.75) is 24.8 Å². The molecule has 6 heteroatoms. The summed E-state index contributed by atoms with van der Waals surface area (Å²) in [5.41, 5.74) is 3.07. The Kier molecular flexibility index (Phi) is 5.31. The van der Waals surface area contributed by atoms with Crippen molar-refractivity contribution in [3.63, 3.8) is 0 Å². The number of nitrogens with zero attached hydrogens (tertiary/aromatic N) is 1. The molecule has 1 fully saturated rings. The molecule has 1 N–H and O–H groups in total. The maximum Gasteiger partial charge on any atom is 0.335 e. The number of hydrogen-bond donors (Lipinski definition) is 1. The molecule has 1 aliphatic rings. The monoisotopic (exact) mass is 407 g/mol. The lowest BCUT2D eigenvalue weighted by molar-refractivity contribution is -0.107. The molecule has 0 aromatic heterocycles. The molecule has 0 spiro atoms. The van der Waals surface area contributed by atoms with E-state index in [1.807, 2.05) is 0 Å². The zero-order valence-electron chi connectivity index (χ0n) is 16.0. The molecule has 0 bridgehead atoms. The van der Waals surface area contributed by atoms with Crippen molar-refractivity contribution in [2.75, 3.05) is 4.90 Å². The molecule has 0 aliphatic heterocycles. The van der Waals surface area contributed by atoms with Crippen LogP contribution in [0.25, 0.3) is 0 Å². The van der Waals surface area contributed by atoms with Crippen molar-refractivity contribution in [1.82, 2.24) is 0 Å². The van der Waals surface area contributed by atoms with Gasteiger partial charge in [-0.1, -0.05) is 24.3 Å². The Morgan fingerprint density at radius 3 is 2.43 bits per heavy atom. The molecule has 4 rings (SSSR count). The van der Waals surface area contributed by atoms with E-state index >= 15 is 0 Å². The Morgan fingerprint density at radius 2 is 1.73 bits per heavy atom. The first-order chi connectivity index (χ1) is 14.5. The third-order valence-electron chi connectivity index (χ3n) is 5.44. The van der Waals surface area contributed by atoms with Crippen molar-refractivity contribution in [2.24, 2.45) is 0 Å². The molecular weight excluding hydrogens is 388 g/mol. The average Bonchev–Trinajstić information content (AvgIpc) is 3.54. The van der Waals surface area contributed by atoms with Crippen molar-refractivity contribution in [1.29, 1.82) is 0 Å². The van der Waals surface area contributed by atoms with Crippen LogP contribution in [0.5, 0.6) is 0 Å². The van der Waals surface area contributed by atoms with Gasteiger partial charge in [0.05, 0.1) is 12.1 Å². The number of carbonyl (C=O) groups excluding carboxylic acids is 1. The fourth-order valence-electron chi connectivity index (χ4n) is 3.88. The van der Waals surface area contributed by atoms with E-state index in [2.05, 4.69) is 0 Å². The first kappa shape index (κ1) is 19.8. The largest absolute Gasteiger partial charge is 0.478 e. The molecule has 1 amide bonds. The third-order valence-corrected chi connectivity index (χ3v) is 5.44. The molecule has 3 aromatic rings. The van der Waals surface area contributed by atoms with E-state index < -0.39 is 11.8 Å². The Morgan fingerprint density at radius 1 is 1.00 bits per heavy atom. The lowest BCUT2D eigenvalue weighted by atomic mass is 10.0. The maximum atomic E-state index is 14.0. The number of halogens is 2. The van der Waals surface area contributed by atoms with E-state index in [-0.39, 0.29) is 29.8 Å². The van der Waals surface area contributed by atoms with Crippen LogP contribution in [-0.2, 0) is 11.3 Å². The average molecular weight is 407 g/mol. The van der Waals surface area contributed by atoms with E-state index in [4.69, 9.17) is 0 Å². The summed E-state index contributed by atoms with van der Waals surface area (Å²) in [6.07, 6.45) is 1.45. The number of benzene rings is 3. The molecule has 0 saturated heterocycles. The molecule has 2 atom stereocenters. The fraction of sp³-hybridized carbons (Fsp3) is 0.167. The second kappa shape index (κ2) is 8.06. The fourth-order valence-corrected chi connectivity index (χ4v) is 3.88. The van der Waals surface area contributed by atoms with Gasteiger partial charge < -0.3 is 10.0 Å². The van der Waals surface area contributed by atoms with Crippen LogP contribution in [0.3, 0.4) is 0 Å². The highest BCUT2D eigenvalue weighted by atomic mass is 19.1. The minimum Gasteiger partial charge on any atom is -0.478 e. The predicted molar refractivity (Wildman–Crippen MR) is 109 cm³/mol. The first-order valence-corrected chi connectivity index (χ1v) is 9.55. The molecule has 4 nitrogen and oxygen atoms in total. The highest BCUT2D eigenvalue weighted by molar-refractivity contribution is 5.88.